The molecule has 3 heterocycles. The topological polar surface area (TPSA) is 93.8 Å². The Labute approximate surface area is 189 Å². The molecule has 2 aliphatic heterocycles. The van der Waals surface area contributed by atoms with Crippen LogP contribution in [0.3, 0.4) is 0 Å². The number of fused-ring (bicyclic) bond motifs is 1. The lowest BCUT2D eigenvalue weighted by Crippen LogP contribution is -2.49. The number of ketones is 1. The number of hydrogen-bond acceptors (Lipinski definition) is 5. The molecule has 9 heteroatoms. The number of benzene rings is 1. The number of piperazine rings is 1. The Morgan fingerprint density at radius 2 is 1.75 bits per heavy atom. The van der Waals surface area contributed by atoms with Crippen LogP contribution in [0.5, 0.6) is 0 Å². The zero-order valence-corrected chi connectivity index (χ0v) is 19.7. The van der Waals surface area contributed by atoms with Crippen molar-refractivity contribution in [3.05, 3.63) is 46.8 Å². The van der Waals surface area contributed by atoms with Gasteiger partial charge in [-0.1, -0.05) is 0 Å². The lowest BCUT2D eigenvalue weighted by molar-refractivity contribution is -0.116. The maximum Gasteiger partial charge on any atom is 0.243 e. The molecule has 2 aliphatic rings. The zero-order chi connectivity index (χ0) is 23.0. The molecule has 0 unspecified atom stereocenters. The highest BCUT2D eigenvalue weighted by atomic mass is 32.2. The summed E-state index contributed by atoms with van der Waals surface area (Å²) in [5.74, 6) is 0.0186. The molecule has 32 heavy (non-hydrogen) atoms. The first-order chi connectivity index (χ1) is 15.2. The number of aromatic nitrogens is 1. The molecule has 1 aromatic heterocycles. The molecule has 8 nitrogen and oxygen atoms in total. The fraction of sp³-hybridized carbons (Fsp3) is 0.478. The van der Waals surface area contributed by atoms with Crippen molar-refractivity contribution in [3.63, 3.8) is 0 Å². The summed E-state index contributed by atoms with van der Waals surface area (Å²) in [6.45, 7) is 8.00. The van der Waals surface area contributed by atoms with Gasteiger partial charge in [-0.25, -0.2) is 8.42 Å². The van der Waals surface area contributed by atoms with E-state index in [9.17, 15) is 18.0 Å². The first kappa shape index (κ1) is 22.7. The number of nitrogens with zero attached hydrogens (tertiary/aromatic N) is 3. The van der Waals surface area contributed by atoms with E-state index in [-0.39, 0.29) is 23.1 Å². The lowest BCUT2D eigenvalue weighted by Gasteiger charge is -2.34. The Morgan fingerprint density at radius 1 is 1.03 bits per heavy atom. The van der Waals surface area contributed by atoms with E-state index in [0.717, 1.165) is 35.5 Å². The second kappa shape index (κ2) is 8.80. The number of anilines is 1. The Morgan fingerprint density at radius 3 is 2.38 bits per heavy atom. The number of Topliss-reactive ketones (excluding diaryl/α,β-unsaturated/α-hetero) is 1. The van der Waals surface area contributed by atoms with Crippen molar-refractivity contribution in [1.82, 2.24) is 14.2 Å². The summed E-state index contributed by atoms with van der Waals surface area (Å²) in [5, 5.41) is 0. The van der Waals surface area contributed by atoms with E-state index in [1.165, 1.54) is 11.2 Å². The monoisotopic (exact) mass is 458 g/mol. The molecule has 1 amide bonds. The summed E-state index contributed by atoms with van der Waals surface area (Å²) in [7, 11) is -3.63. The van der Waals surface area contributed by atoms with E-state index in [1.807, 2.05) is 24.8 Å². The van der Waals surface area contributed by atoms with Crippen molar-refractivity contribution in [2.45, 2.75) is 38.5 Å². The minimum absolute atomic E-state index is 0.0304. The Kier molecular flexibility index (Phi) is 6.24. The number of H-pyrrole nitrogens is 1. The van der Waals surface area contributed by atoms with Crippen LogP contribution in [-0.4, -0.2) is 73.6 Å². The molecule has 4 rings (SSSR count). The second-order valence-corrected chi connectivity index (χ2v) is 10.6. The van der Waals surface area contributed by atoms with Gasteiger partial charge in [0.1, 0.15) is 0 Å². The molecule has 1 N–H and O–H groups in total. The van der Waals surface area contributed by atoms with Crippen LogP contribution >= 0.6 is 0 Å². The van der Waals surface area contributed by atoms with Gasteiger partial charge < -0.3 is 9.88 Å². The highest BCUT2D eigenvalue weighted by molar-refractivity contribution is 7.89. The molecule has 0 saturated carbocycles. The maximum atomic E-state index is 13.2. The molecular formula is C23H30N4O4S. The SMILES string of the molecule is CC(=O)N1CCCc2cc(S(=O)(=O)N3CCN(CC(=O)c4cc(C)[nH]c4C)CC3)ccc21. The third-order valence-corrected chi connectivity index (χ3v) is 8.23. The van der Waals surface area contributed by atoms with Crippen molar-refractivity contribution in [1.29, 1.82) is 0 Å². The molecule has 0 aliphatic carbocycles. The van der Waals surface area contributed by atoms with Crippen LogP contribution in [-0.2, 0) is 21.2 Å². The number of sulfonamides is 1. The van der Waals surface area contributed by atoms with Gasteiger partial charge in [0.05, 0.1) is 11.4 Å². The Balaban J connectivity index is 1.42. The van der Waals surface area contributed by atoms with E-state index >= 15 is 0 Å². The number of nitrogens with one attached hydrogen (secondary N) is 1. The van der Waals surface area contributed by atoms with Crippen LogP contribution in [0.2, 0.25) is 0 Å². The molecule has 172 valence electrons. The third-order valence-electron chi connectivity index (χ3n) is 6.34. The molecule has 0 atom stereocenters. The van der Waals surface area contributed by atoms with Gasteiger partial charge in [-0.3, -0.25) is 14.5 Å². The van der Waals surface area contributed by atoms with Gasteiger partial charge >= 0.3 is 0 Å². The second-order valence-electron chi connectivity index (χ2n) is 8.66. The Hall–Kier alpha value is -2.49. The van der Waals surface area contributed by atoms with Crippen molar-refractivity contribution in [3.8, 4) is 0 Å². The number of hydrogen-bond donors (Lipinski definition) is 1. The van der Waals surface area contributed by atoms with E-state index in [2.05, 4.69) is 4.98 Å². The lowest BCUT2D eigenvalue weighted by atomic mass is 10.0. The average molecular weight is 459 g/mol. The van der Waals surface area contributed by atoms with E-state index < -0.39 is 10.0 Å². The number of amides is 1. The fourth-order valence-corrected chi connectivity index (χ4v) is 6.11. The van der Waals surface area contributed by atoms with Crippen molar-refractivity contribution >= 4 is 27.4 Å². The van der Waals surface area contributed by atoms with Crippen LogP contribution in [0.25, 0.3) is 0 Å². The molecule has 0 bridgehead atoms. The number of rotatable bonds is 5. The first-order valence-corrected chi connectivity index (χ1v) is 12.4. The summed E-state index contributed by atoms with van der Waals surface area (Å²) in [6, 6.07) is 6.93. The standard InChI is InChI=1S/C23H30N4O4S/c1-16-13-21(17(2)24-16)23(29)15-25-9-11-26(12-10-25)32(30,31)20-6-7-22-19(14-20)5-4-8-27(22)18(3)28/h6-7,13-14,24H,4-5,8-12,15H2,1-3H3. The van der Waals surface area contributed by atoms with Crippen LogP contribution in [0.4, 0.5) is 5.69 Å². The van der Waals surface area contributed by atoms with Crippen molar-refractivity contribution in [2.24, 2.45) is 0 Å². The molecule has 1 aromatic carbocycles. The van der Waals surface area contributed by atoms with E-state index in [1.54, 1.807) is 23.1 Å². The largest absolute Gasteiger partial charge is 0.362 e. The van der Waals surface area contributed by atoms with Gasteiger partial charge in [0.2, 0.25) is 15.9 Å². The highest BCUT2D eigenvalue weighted by Gasteiger charge is 2.31. The predicted molar refractivity (Wildman–Crippen MR) is 123 cm³/mol. The minimum atomic E-state index is -3.63. The minimum Gasteiger partial charge on any atom is -0.362 e. The molecular weight excluding hydrogens is 428 g/mol. The number of aromatic amines is 1. The summed E-state index contributed by atoms with van der Waals surface area (Å²) in [6.07, 6.45) is 1.58. The van der Waals surface area contributed by atoms with Gasteiger partial charge in [0, 0.05) is 62.3 Å². The quantitative estimate of drug-likeness (QED) is 0.693. The molecule has 1 saturated heterocycles. The average Bonchev–Trinajstić information content (AvgIpc) is 3.11. The van der Waals surface area contributed by atoms with Gasteiger partial charge in [-0.05, 0) is 56.5 Å². The van der Waals surface area contributed by atoms with Crippen LogP contribution < -0.4 is 4.90 Å². The zero-order valence-electron chi connectivity index (χ0n) is 18.8. The van der Waals surface area contributed by atoms with E-state index in [0.29, 0.717) is 38.3 Å². The predicted octanol–water partition coefficient (Wildman–Crippen LogP) is 2.12. The van der Waals surface area contributed by atoms with Crippen LogP contribution in [0, 0.1) is 13.8 Å². The molecule has 0 spiro atoms. The number of carbonyl (C=O) groups is 2. The summed E-state index contributed by atoms with van der Waals surface area (Å²) in [4.78, 5) is 31.6. The highest BCUT2D eigenvalue weighted by Crippen LogP contribution is 2.30. The van der Waals surface area contributed by atoms with Gasteiger partial charge in [0.25, 0.3) is 0 Å². The van der Waals surface area contributed by atoms with Crippen molar-refractivity contribution in [2.75, 3.05) is 44.2 Å². The maximum absolute atomic E-state index is 13.2. The molecule has 2 aromatic rings. The van der Waals surface area contributed by atoms with Crippen LogP contribution in [0.1, 0.15) is 40.7 Å². The number of carbonyl (C=O) groups excluding carboxylic acids is 2. The van der Waals surface area contributed by atoms with Gasteiger partial charge in [-0.15, -0.1) is 0 Å². The van der Waals surface area contributed by atoms with Gasteiger partial charge in [-0.2, -0.15) is 4.31 Å². The summed E-state index contributed by atoms with van der Waals surface area (Å²) in [5.41, 5.74) is 4.23. The van der Waals surface area contributed by atoms with Crippen molar-refractivity contribution < 1.29 is 18.0 Å². The number of aryl methyl sites for hydroxylation is 3. The fourth-order valence-electron chi connectivity index (χ4n) is 4.64. The molecule has 1 fully saturated rings. The molecule has 0 radical (unpaired) electrons. The first-order valence-electron chi connectivity index (χ1n) is 11.0. The van der Waals surface area contributed by atoms with Gasteiger partial charge in [0.15, 0.2) is 5.78 Å². The normalized spacial score (nSPS) is 17.9. The summed E-state index contributed by atoms with van der Waals surface area (Å²) < 4.78 is 28.0. The van der Waals surface area contributed by atoms with E-state index in [4.69, 9.17) is 0 Å². The van der Waals surface area contributed by atoms with Crippen LogP contribution in [0.15, 0.2) is 29.2 Å². The Bertz CT molecular complexity index is 1150. The smallest absolute Gasteiger partial charge is 0.243 e. The summed E-state index contributed by atoms with van der Waals surface area (Å²) >= 11 is 0. The third kappa shape index (κ3) is 4.37.